The zero-order chi connectivity index (χ0) is 19.1. The van der Waals surface area contributed by atoms with Crippen molar-refractivity contribution in [3.05, 3.63) is 90.1 Å². The maximum atomic E-state index is 12.7. The normalized spacial score (nSPS) is 15.3. The Bertz CT molecular complexity index is 1200. The molecule has 0 saturated carbocycles. The smallest absolute Gasteiger partial charge is 0.238 e. The number of carbonyl (C=O) groups excluding carboxylic acids is 1. The molecule has 0 radical (unpaired) electrons. The van der Waals surface area contributed by atoms with E-state index in [2.05, 4.69) is 11.4 Å². The lowest BCUT2D eigenvalue weighted by Crippen LogP contribution is -2.14. The van der Waals surface area contributed by atoms with E-state index in [0.717, 1.165) is 44.7 Å². The lowest BCUT2D eigenvalue weighted by atomic mass is 9.93. The molecule has 0 fully saturated rings. The molecule has 1 aromatic heterocycles. The number of rotatable bonds is 3. The molecule has 0 bridgehead atoms. The summed E-state index contributed by atoms with van der Waals surface area (Å²) >= 11 is 0. The Labute approximate surface area is 162 Å². The third-order valence-corrected chi connectivity index (χ3v) is 5.22. The van der Waals surface area contributed by atoms with E-state index in [1.54, 1.807) is 7.11 Å². The van der Waals surface area contributed by atoms with Crippen LogP contribution in [0.5, 0.6) is 5.75 Å². The maximum Gasteiger partial charge on any atom is 0.238 e. The Morgan fingerprint density at radius 1 is 0.893 bits per heavy atom. The average Bonchev–Trinajstić information content (AvgIpc) is 3.08. The molecule has 0 saturated heterocycles. The molecule has 2 heterocycles. The van der Waals surface area contributed by atoms with Crippen molar-refractivity contribution in [2.45, 2.75) is 5.92 Å². The lowest BCUT2D eigenvalue weighted by Gasteiger charge is -2.11. The van der Waals surface area contributed by atoms with Crippen molar-refractivity contribution in [3.63, 3.8) is 0 Å². The van der Waals surface area contributed by atoms with Gasteiger partial charge in [0.15, 0.2) is 0 Å². The first-order chi connectivity index (χ1) is 13.7. The minimum atomic E-state index is -0.405. The summed E-state index contributed by atoms with van der Waals surface area (Å²) in [5.74, 6) is 0.377. The summed E-state index contributed by atoms with van der Waals surface area (Å²) in [5, 5.41) is 4.06. The molecule has 0 aliphatic carbocycles. The van der Waals surface area contributed by atoms with Crippen LogP contribution in [-0.4, -0.2) is 18.0 Å². The van der Waals surface area contributed by atoms with Gasteiger partial charge in [-0.3, -0.25) is 9.78 Å². The van der Waals surface area contributed by atoms with E-state index in [-0.39, 0.29) is 5.91 Å². The highest BCUT2D eigenvalue weighted by atomic mass is 16.5. The first-order valence-corrected chi connectivity index (χ1v) is 9.18. The van der Waals surface area contributed by atoms with Crippen LogP contribution >= 0.6 is 0 Å². The van der Waals surface area contributed by atoms with Gasteiger partial charge in [-0.25, -0.2) is 0 Å². The monoisotopic (exact) mass is 366 g/mol. The topological polar surface area (TPSA) is 51.2 Å². The highest BCUT2D eigenvalue weighted by Gasteiger charge is 2.33. The molecule has 5 rings (SSSR count). The Kier molecular flexibility index (Phi) is 3.83. The van der Waals surface area contributed by atoms with Crippen LogP contribution in [-0.2, 0) is 4.79 Å². The Balaban J connectivity index is 1.59. The van der Waals surface area contributed by atoms with Gasteiger partial charge in [-0.15, -0.1) is 0 Å². The number of pyridine rings is 1. The summed E-state index contributed by atoms with van der Waals surface area (Å²) in [6, 6.07) is 25.9. The molecule has 1 aliphatic heterocycles. The van der Waals surface area contributed by atoms with Crippen molar-refractivity contribution in [2.75, 3.05) is 12.4 Å². The van der Waals surface area contributed by atoms with Crippen LogP contribution < -0.4 is 10.1 Å². The number of fused-ring (bicyclic) bond motifs is 2. The van der Waals surface area contributed by atoms with E-state index in [0.29, 0.717) is 0 Å². The fraction of sp³-hybridized carbons (Fsp3) is 0.0833. The molecule has 4 heteroatoms. The molecule has 1 N–H and O–H groups in total. The number of ether oxygens (including phenoxy) is 1. The summed E-state index contributed by atoms with van der Waals surface area (Å²) in [4.78, 5) is 17.5. The standard InChI is InChI=1S/C24H18N2O2/c1-28-18-10-6-15(7-11-18)17-9-12-21-19(14-17)23(24(27)26-21)22-13-8-16-4-2-3-5-20(16)25-22/h2-14,23H,1H3,(H,26,27). The number of amides is 1. The SMILES string of the molecule is COc1ccc(-c2ccc3c(c2)C(c2ccc4ccccc4n2)C(=O)N3)cc1. The molecule has 4 aromatic rings. The molecule has 1 unspecified atom stereocenters. The summed E-state index contributed by atoms with van der Waals surface area (Å²) in [5.41, 5.74) is 5.61. The fourth-order valence-electron chi connectivity index (χ4n) is 3.76. The van der Waals surface area contributed by atoms with Crippen LogP contribution in [0.1, 0.15) is 17.2 Å². The van der Waals surface area contributed by atoms with Crippen molar-refractivity contribution in [1.29, 1.82) is 0 Å². The third kappa shape index (κ3) is 2.70. The van der Waals surface area contributed by atoms with Crippen LogP contribution in [0.3, 0.4) is 0 Å². The zero-order valence-corrected chi connectivity index (χ0v) is 15.3. The van der Waals surface area contributed by atoms with Gasteiger partial charge in [-0.1, -0.05) is 42.5 Å². The molecule has 0 spiro atoms. The zero-order valence-electron chi connectivity index (χ0n) is 15.3. The van der Waals surface area contributed by atoms with E-state index < -0.39 is 5.92 Å². The summed E-state index contributed by atoms with van der Waals surface area (Å²) < 4.78 is 5.24. The van der Waals surface area contributed by atoms with Gasteiger partial charge < -0.3 is 10.1 Å². The minimum absolute atomic E-state index is 0.0373. The Hall–Kier alpha value is -3.66. The maximum absolute atomic E-state index is 12.7. The number of carbonyl (C=O) groups is 1. The van der Waals surface area contributed by atoms with Crippen molar-refractivity contribution < 1.29 is 9.53 Å². The van der Waals surface area contributed by atoms with E-state index in [4.69, 9.17) is 9.72 Å². The molecule has 1 aliphatic rings. The van der Waals surface area contributed by atoms with E-state index in [9.17, 15) is 4.79 Å². The number of methoxy groups -OCH3 is 1. The fourth-order valence-corrected chi connectivity index (χ4v) is 3.76. The van der Waals surface area contributed by atoms with Gasteiger partial charge in [0, 0.05) is 11.1 Å². The van der Waals surface area contributed by atoms with Crippen LogP contribution in [0.4, 0.5) is 5.69 Å². The predicted octanol–water partition coefficient (Wildman–Crippen LogP) is 4.99. The number of hydrogen-bond acceptors (Lipinski definition) is 3. The molecular weight excluding hydrogens is 348 g/mol. The van der Waals surface area contributed by atoms with Gasteiger partial charge in [0.25, 0.3) is 0 Å². The quantitative estimate of drug-likeness (QED) is 0.555. The second kappa shape index (κ2) is 6.50. The number of hydrogen-bond donors (Lipinski definition) is 1. The van der Waals surface area contributed by atoms with Crippen LogP contribution in [0.2, 0.25) is 0 Å². The summed E-state index contributed by atoms with van der Waals surface area (Å²) in [6.45, 7) is 0. The van der Waals surface area contributed by atoms with Crippen LogP contribution in [0, 0.1) is 0 Å². The first kappa shape index (κ1) is 16.5. The lowest BCUT2D eigenvalue weighted by molar-refractivity contribution is -0.116. The Morgan fingerprint density at radius 2 is 1.68 bits per heavy atom. The van der Waals surface area contributed by atoms with E-state index >= 15 is 0 Å². The summed E-state index contributed by atoms with van der Waals surface area (Å²) in [7, 11) is 1.66. The molecule has 3 aromatic carbocycles. The molecule has 1 atom stereocenters. The first-order valence-electron chi connectivity index (χ1n) is 9.18. The second-order valence-electron chi connectivity index (χ2n) is 6.88. The highest BCUT2D eigenvalue weighted by Crippen LogP contribution is 2.39. The molecule has 1 amide bonds. The number of nitrogens with one attached hydrogen (secondary N) is 1. The number of benzene rings is 3. The number of para-hydroxylation sites is 1. The van der Waals surface area contributed by atoms with Crippen LogP contribution in [0.15, 0.2) is 78.9 Å². The van der Waals surface area contributed by atoms with Crippen LogP contribution in [0.25, 0.3) is 22.0 Å². The van der Waals surface area contributed by atoms with Gasteiger partial charge in [-0.05, 0) is 53.1 Å². The third-order valence-electron chi connectivity index (χ3n) is 5.22. The second-order valence-corrected chi connectivity index (χ2v) is 6.88. The van der Waals surface area contributed by atoms with Crippen molar-refractivity contribution in [2.24, 2.45) is 0 Å². The molecule has 28 heavy (non-hydrogen) atoms. The van der Waals surface area contributed by atoms with Gasteiger partial charge in [-0.2, -0.15) is 0 Å². The molecule has 136 valence electrons. The van der Waals surface area contributed by atoms with Crippen molar-refractivity contribution in [1.82, 2.24) is 4.98 Å². The summed E-state index contributed by atoms with van der Waals surface area (Å²) in [6.07, 6.45) is 0. The molecule has 4 nitrogen and oxygen atoms in total. The number of nitrogens with zero attached hydrogens (tertiary/aromatic N) is 1. The van der Waals surface area contributed by atoms with Crippen molar-refractivity contribution in [3.8, 4) is 16.9 Å². The number of anilines is 1. The largest absolute Gasteiger partial charge is 0.497 e. The number of aromatic nitrogens is 1. The van der Waals surface area contributed by atoms with Crippen molar-refractivity contribution >= 4 is 22.5 Å². The van der Waals surface area contributed by atoms with Gasteiger partial charge >= 0.3 is 0 Å². The predicted molar refractivity (Wildman–Crippen MR) is 111 cm³/mol. The highest BCUT2D eigenvalue weighted by molar-refractivity contribution is 6.05. The van der Waals surface area contributed by atoms with Gasteiger partial charge in [0.05, 0.1) is 18.3 Å². The van der Waals surface area contributed by atoms with Gasteiger partial charge in [0.2, 0.25) is 5.91 Å². The Morgan fingerprint density at radius 3 is 2.50 bits per heavy atom. The van der Waals surface area contributed by atoms with E-state index in [1.165, 1.54) is 0 Å². The van der Waals surface area contributed by atoms with Gasteiger partial charge in [0.1, 0.15) is 11.7 Å². The molecular formula is C24H18N2O2. The van der Waals surface area contributed by atoms with E-state index in [1.807, 2.05) is 72.8 Å². The average molecular weight is 366 g/mol. The minimum Gasteiger partial charge on any atom is -0.497 e.